The smallest absolute Gasteiger partial charge is 0.128 e. The van der Waals surface area contributed by atoms with Crippen LogP contribution in [0.4, 0.5) is 0 Å². The van der Waals surface area contributed by atoms with Gasteiger partial charge in [0.25, 0.3) is 0 Å². The summed E-state index contributed by atoms with van der Waals surface area (Å²) in [5.41, 5.74) is 0. The van der Waals surface area contributed by atoms with Gasteiger partial charge in [0, 0.05) is 28.0 Å². The summed E-state index contributed by atoms with van der Waals surface area (Å²) in [7, 11) is -5.41. The number of hydrogen-bond acceptors (Lipinski definition) is 2. The molecule has 0 saturated carbocycles. The lowest BCUT2D eigenvalue weighted by atomic mass is 10.3. The van der Waals surface area contributed by atoms with E-state index in [2.05, 4.69) is 171 Å². The fourth-order valence-electron chi connectivity index (χ4n) is 12.2. The van der Waals surface area contributed by atoms with Crippen LogP contribution in [0.1, 0.15) is 198 Å². The van der Waals surface area contributed by atoms with Gasteiger partial charge >= 0.3 is 0 Å². The highest BCUT2D eigenvalue weighted by atomic mass is 31.2. The zero-order valence-electron chi connectivity index (χ0n) is 48.7. The maximum atomic E-state index is 6.52. The van der Waals surface area contributed by atoms with Crippen molar-refractivity contribution >= 4 is 77.1 Å². The van der Waals surface area contributed by atoms with Crippen molar-refractivity contribution in [2.24, 2.45) is 0 Å². The molecular weight excluding hydrogens is 957 g/mol. The summed E-state index contributed by atoms with van der Waals surface area (Å²) in [6.45, 7) is 25.3. The van der Waals surface area contributed by atoms with Gasteiger partial charge in [-0.1, -0.05) is 346 Å². The van der Waals surface area contributed by atoms with Crippen molar-refractivity contribution < 1.29 is 4.74 Å². The Bertz CT molecular complexity index is 1920. The highest BCUT2D eigenvalue weighted by Crippen LogP contribution is 2.56. The molecule has 0 saturated heterocycles. The molecule has 72 heavy (non-hydrogen) atoms. The molecule has 0 heterocycles. The van der Waals surface area contributed by atoms with Crippen LogP contribution in [0.3, 0.4) is 0 Å². The zero-order valence-corrected chi connectivity index (χ0v) is 53.5. The summed E-state index contributed by atoms with van der Waals surface area (Å²) in [4.78, 5) is 0. The number of ether oxygens (including phenoxy) is 1. The lowest BCUT2D eigenvalue weighted by molar-refractivity contribution is 0.418. The molecule has 7 heteroatoms. The van der Waals surface area contributed by atoms with E-state index in [0.717, 1.165) is 12.3 Å². The van der Waals surface area contributed by atoms with Gasteiger partial charge in [-0.2, -0.15) is 0 Å². The van der Waals surface area contributed by atoms with Crippen LogP contribution in [0.15, 0.2) is 97.1 Å². The molecular formula is C65H109NOP2Si3. The van der Waals surface area contributed by atoms with E-state index in [1.165, 1.54) is 188 Å². The third kappa shape index (κ3) is 17.6. The quantitative estimate of drug-likeness (QED) is 0.0325. The molecule has 0 bridgehead atoms. The van der Waals surface area contributed by atoms with E-state index in [1.54, 1.807) is 31.5 Å². The molecule has 4 aromatic carbocycles. The molecule has 0 fully saturated rings. The standard InChI is InChI=1S/C65H109NOP2Si3/c1-12-22-45-66(69(65-44-33-32-43-64(65)67-11)60-39-36-42-63(57-60)72(52-29-19-8,53-30-20-9)54-31-21-10)68(58-37-34-40-61(55-58)70(46-23-13-2,47-24-14-3)48-25-15-4)59-38-35-41-62(56-59)71(49-26-16-5,50-27-17-6)51-28-18-7/h32-44,55-57H,12-31,45-54H2,1-11H3. The summed E-state index contributed by atoms with van der Waals surface area (Å²) in [6.07, 6.45) is 26.2. The first-order valence-electron chi connectivity index (χ1n) is 30.5. The molecule has 0 radical (unpaired) electrons. The Balaban J connectivity index is 2.22. The van der Waals surface area contributed by atoms with Crippen LogP contribution in [0.2, 0.25) is 54.4 Å². The van der Waals surface area contributed by atoms with Crippen molar-refractivity contribution in [2.45, 2.75) is 252 Å². The number of rotatable bonds is 40. The summed E-state index contributed by atoms with van der Waals surface area (Å²) >= 11 is 0. The number of unbranched alkanes of at least 4 members (excludes halogenated alkanes) is 10. The normalized spacial score (nSPS) is 12.8. The highest BCUT2D eigenvalue weighted by Gasteiger charge is 2.40. The van der Waals surface area contributed by atoms with Gasteiger partial charge in [-0.25, -0.2) is 4.44 Å². The predicted molar refractivity (Wildman–Crippen MR) is 340 cm³/mol. The Kier molecular flexibility index (Phi) is 30.2. The monoisotopic (exact) mass is 1070 g/mol. The molecule has 4 rings (SSSR count). The van der Waals surface area contributed by atoms with Gasteiger partial charge in [-0.15, -0.1) is 0 Å². The molecule has 0 aliphatic carbocycles. The molecule has 0 aromatic heterocycles. The number of methoxy groups -OCH3 is 1. The zero-order chi connectivity index (χ0) is 52.1. The van der Waals surface area contributed by atoms with E-state index in [1.807, 2.05) is 7.11 Å². The number of nitrogens with zero attached hydrogens (tertiary/aromatic N) is 1. The molecule has 1 atom stereocenters. The minimum atomic E-state index is -1.80. The van der Waals surface area contributed by atoms with Crippen molar-refractivity contribution in [3.05, 3.63) is 97.1 Å². The lowest BCUT2D eigenvalue weighted by Gasteiger charge is -2.41. The van der Waals surface area contributed by atoms with Crippen LogP contribution in [-0.2, 0) is 0 Å². The number of benzene rings is 4. The first kappa shape index (κ1) is 62.7. The Morgan fingerprint density at radius 3 is 0.931 bits per heavy atom. The van der Waals surface area contributed by atoms with Gasteiger partial charge in [-0.05, 0) is 34.5 Å². The van der Waals surface area contributed by atoms with Crippen LogP contribution in [0, 0.1) is 0 Å². The number of para-hydroxylation sites is 1. The van der Waals surface area contributed by atoms with E-state index in [4.69, 9.17) is 4.74 Å². The van der Waals surface area contributed by atoms with Crippen molar-refractivity contribution in [2.75, 3.05) is 13.7 Å². The van der Waals surface area contributed by atoms with Crippen LogP contribution in [-0.4, -0.2) is 42.3 Å². The van der Waals surface area contributed by atoms with Gasteiger partial charge < -0.3 is 4.74 Å². The van der Waals surface area contributed by atoms with Gasteiger partial charge in [0.2, 0.25) is 0 Å². The maximum Gasteiger partial charge on any atom is 0.128 e. The average molecular weight is 1070 g/mol. The summed E-state index contributed by atoms with van der Waals surface area (Å²) in [5, 5.41) is 11.4. The average Bonchev–Trinajstić information content (AvgIpc) is 3.42. The fraction of sp³-hybridized carbons (Fsp3) is 0.631. The molecule has 1 unspecified atom stereocenters. The van der Waals surface area contributed by atoms with E-state index in [9.17, 15) is 0 Å². The Morgan fingerprint density at radius 2 is 0.639 bits per heavy atom. The van der Waals surface area contributed by atoms with E-state index in [-0.39, 0.29) is 0 Å². The Morgan fingerprint density at radius 1 is 0.347 bits per heavy atom. The summed E-state index contributed by atoms with van der Waals surface area (Å²) in [5.74, 6) is 1.05. The van der Waals surface area contributed by atoms with Crippen LogP contribution in [0.5, 0.6) is 5.75 Å². The third-order valence-corrected chi connectivity index (χ3v) is 38.6. The van der Waals surface area contributed by atoms with Crippen molar-refractivity contribution in [3.8, 4) is 5.75 Å². The van der Waals surface area contributed by atoms with Gasteiger partial charge in [0.05, 0.1) is 31.3 Å². The van der Waals surface area contributed by atoms with Gasteiger partial charge in [0.1, 0.15) is 5.75 Å². The van der Waals surface area contributed by atoms with Crippen molar-refractivity contribution in [1.82, 2.24) is 4.44 Å². The molecule has 0 amide bonds. The van der Waals surface area contributed by atoms with Crippen LogP contribution < -0.4 is 41.5 Å². The molecule has 0 spiro atoms. The molecule has 4 aromatic rings. The molecule has 402 valence electrons. The highest BCUT2D eigenvalue weighted by molar-refractivity contribution is 7.84. The first-order chi connectivity index (χ1) is 35.2. The summed E-state index contributed by atoms with van der Waals surface area (Å²) < 4.78 is 9.67. The van der Waals surface area contributed by atoms with E-state index in [0.29, 0.717) is 0 Å². The summed E-state index contributed by atoms with van der Waals surface area (Å²) in [6, 6.07) is 53.9. The van der Waals surface area contributed by atoms with Gasteiger partial charge in [0.15, 0.2) is 0 Å². The second-order valence-electron chi connectivity index (χ2n) is 22.2. The van der Waals surface area contributed by atoms with Crippen LogP contribution >= 0.6 is 16.1 Å². The lowest BCUT2D eigenvalue weighted by Crippen LogP contribution is -2.49. The van der Waals surface area contributed by atoms with Crippen molar-refractivity contribution in [1.29, 1.82) is 0 Å². The topological polar surface area (TPSA) is 12.5 Å². The largest absolute Gasteiger partial charge is 0.496 e. The maximum absolute atomic E-state index is 6.52. The van der Waals surface area contributed by atoms with E-state index < -0.39 is 40.4 Å². The SMILES string of the molecule is CCCCN(P(c1cccc([Si](CCCC)(CCCC)CCCC)c1)c1cccc([Si](CCCC)(CCCC)CCCC)c1)P(c1cccc([Si](CCCC)(CCCC)CCCC)c1)c1ccccc1OC. The minimum absolute atomic E-state index is 0.937. The Labute approximate surface area is 452 Å². The predicted octanol–water partition coefficient (Wildman–Crippen LogP) is 18.4. The molecule has 2 nitrogen and oxygen atoms in total. The molecule has 0 N–H and O–H groups in total. The van der Waals surface area contributed by atoms with E-state index >= 15 is 0 Å². The Hall–Kier alpha value is -1.85. The second kappa shape index (κ2) is 34.7. The first-order valence-corrected chi connectivity index (χ1v) is 41.0. The van der Waals surface area contributed by atoms with Crippen molar-refractivity contribution in [3.63, 3.8) is 0 Å². The minimum Gasteiger partial charge on any atom is -0.496 e. The van der Waals surface area contributed by atoms with Gasteiger partial charge in [-0.3, -0.25) is 0 Å². The number of hydrogen-bond donors (Lipinski definition) is 0. The second-order valence-corrected chi connectivity index (χ2v) is 40.6. The molecule has 0 aliphatic heterocycles. The molecule has 0 aliphatic rings. The third-order valence-electron chi connectivity index (χ3n) is 16.7. The van der Waals surface area contributed by atoms with Crippen LogP contribution in [0.25, 0.3) is 0 Å². The fourth-order valence-corrected chi connectivity index (χ4v) is 35.7.